The number of benzene rings is 3. The van der Waals surface area contributed by atoms with Crippen LogP contribution in [0, 0.1) is 6.92 Å². The van der Waals surface area contributed by atoms with Gasteiger partial charge in [-0.05, 0) is 53.9 Å². The van der Waals surface area contributed by atoms with E-state index in [0.717, 1.165) is 16.9 Å². The number of allylic oxidation sites excluding steroid dienone is 1. The molecule has 46 heavy (non-hydrogen) atoms. The average molecular weight is 647 g/mol. The molecule has 2 atom stereocenters. The summed E-state index contributed by atoms with van der Waals surface area (Å²) in [7, 11) is -1.14. The van der Waals surface area contributed by atoms with Crippen molar-refractivity contribution in [3.8, 4) is 11.5 Å². The second-order valence-corrected chi connectivity index (χ2v) is 17.6. The molecule has 1 N–H and O–H groups in total. The largest absolute Gasteiger partial charge is 0.487 e. The van der Waals surface area contributed by atoms with Crippen molar-refractivity contribution < 1.29 is 28.5 Å². The minimum atomic E-state index is -2.74. The van der Waals surface area contributed by atoms with Gasteiger partial charge in [-0.15, -0.1) is 6.58 Å². The van der Waals surface area contributed by atoms with Crippen molar-refractivity contribution in [2.24, 2.45) is 0 Å². The van der Waals surface area contributed by atoms with E-state index < -0.39 is 20.0 Å². The first-order valence-electron chi connectivity index (χ1n) is 16.1. The van der Waals surface area contributed by atoms with Crippen molar-refractivity contribution in [3.05, 3.63) is 109 Å². The van der Waals surface area contributed by atoms with E-state index in [-0.39, 0.29) is 17.7 Å². The summed E-state index contributed by atoms with van der Waals surface area (Å²) in [5, 5.41) is 13.7. The normalized spacial score (nSPS) is 13.8. The van der Waals surface area contributed by atoms with E-state index in [1.165, 1.54) is 10.4 Å². The number of methoxy groups -OCH3 is 1. The zero-order chi connectivity index (χ0) is 33.8. The SMILES string of the molecule is C=CCOC/C=C/[C@@H](C)c1cc(OCOC)c(C)cc1O[C@H](CCO[Si](c1ccccc1)(c1ccccc1)C(C)(C)C)C(C)(C)O. The molecule has 250 valence electrons. The van der Waals surface area contributed by atoms with Gasteiger partial charge in [0, 0.05) is 31.6 Å². The predicted octanol–water partition coefficient (Wildman–Crippen LogP) is 7.33. The highest BCUT2D eigenvalue weighted by Crippen LogP contribution is 2.38. The smallest absolute Gasteiger partial charge is 0.261 e. The Balaban J connectivity index is 1.96. The Hall–Kier alpha value is -3.20. The molecule has 7 heteroatoms. The van der Waals surface area contributed by atoms with Crippen LogP contribution < -0.4 is 19.8 Å². The highest BCUT2D eigenvalue weighted by molar-refractivity contribution is 6.99. The number of ether oxygens (including phenoxy) is 4. The van der Waals surface area contributed by atoms with Crippen LogP contribution in [0.1, 0.15) is 65.0 Å². The van der Waals surface area contributed by atoms with E-state index in [0.29, 0.717) is 32.0 Å². The van der Waals surface area contributed by atoms with Crippen LogP contribution in [0.25, 0.3) is 0 Å². The second-order valence-electron chi connectivity index (χ2n) is 13.3. The lowest BCUT2D eigenvalue weighted by Gasteiger charge is -2.43. The molecule has 0 saturated carbocycles. The monoisotopic (exact) mass is 646 g/mol. The van der Waals surface area contributed by atoms with Gasteiger partial charge in [0.25, 0.3) is 8.32 Å². The van der Waals surface area contributed by atoms with Gasteiger partial charge in [0.15, 0.2) is 6.79 Å². The van der Waals surface area contributed by atoms with Crippen molar-refractivity contribution in [1.82, 2.24) is 0 Å². The topological polar surface area (TPSA) is 66.4 Å². The number of hydrogen-bond acceptors (Lipinski definition) is 6. The molecular weight excluding hydrogens is 593 g/mol. The van der Waals surface area contributed by atoms with Crippen LogP contribution in [-0.2, 0) is 13.9 Å². The highest BCUT2D eigenvalue weighted by atomic mass is 28.4. The van der Waals surface area contributed by atoms with Crippen LogP contribution in [0.15, 0.2) is 97.6 Å². The molecule has 3 aromatic carbocycles. The third kappa shape index (κ3) is 9.66. The Kier molecular flexibility index (Phi) is 13.8. The lowest BCUT2D eigenvalue weighted by molar-refractivity contribution is -0.0427. The summed E-state index contributed by atoms with van der Waals surface area (Å²) >= 11 is 0. The lowest BCUT2D eigenvalue weighted by Crippen LogP contribution is -2.66. The molecule has 0 aliphatic rings. The number of hydrogen-bond donors (Lipinski definition) is 1. The molecule has 0 saturated heterocycles. The van der Waals surface area contributed by atoms with Gasteiger partial charge < -0.3 is 28.5 Å². The van der Waals surface area contributed by atoms with Crippen LogP contribution in [0.4, 0.5) is 0 Å². The number of rotatable bonds is 18. The van der Waals surface area contributed by atoms with Gasteiger partial charge in [-0.2, -0.15) is 0 Å². The Labute approximate surface area is 278 Å². The molecule has 0 radical (unpaired) electrons. The molecule has 0 aromatic heterocycles. The van der Waals surface area contributed by atoms with Gasteiger partial charge >= 0.3 is 0 Å². The zero-order valence-electron chi connectivity index (χ0n) is 29.0. The summed E-state index contributed by atoms with van der Waals surface area (Å²) in [4.78, 5) is 0. The van der Waals surface area contributed by atoms with Crippen molar-refractivity contribution in [2.45, 2.75) is 77.5 Å². The van der Waals surface area contributed by atoms with Crippen LogP contribution in [0.2, 0.25) is 5.04 Å². The highest BCUT2D eigenvalue weighted by Gasteiger charge is 2.50. The second kappa shape index (κ2) is 17.1. The molecule has 0 aliphatic heterocycles. The lowest BCUT2D eigenvalue weighted by atomic mass is 9.96. The molecule has 0 heterocycles. The fourth-order valence-corrected chi connectivity index (χ4v) is 10.4. The van der Waals surface area contributed by atoms with Crippen LogP contribution in [0.5, 0.6) is 11.5 Å². The first kappa shape index (κ1) is 37.3. The summed E-state index contributed by atoms with van der Waals surface area (Å²) in [6, 6.07) is 25.2. The summed E-state index contributed by atoms with van der Waals surface area (Å²) < 4.78 is 30.5. The average Bonchev–Trinajstić information content (AvgIpc) is 3.01. The molecule has 0 amide bonds. The maximum Gasteiger partial charge on any atom is 0.261 e. The summed E-state index contributed by atoms with van der Waals surface area (Å²) in [5.74, 6) is 1.41. The van der Waals surface area contributed by atoms with Gasteiger partial charge in [0.2, 0.25) is 0 Å². The third-order valence-corrected chi connectivity index (χ3v) is 13.2. The van der Waals surface area contributed by atoms with Gasteiger partial charge in [-0.1, -0.05) is 107 Å². The third-order valence-electron chi connectivity index (χ3n) is 8.18. The minimum absolute atomic E-state index is 0.0105. The minimum Gasteiger partial charge on any atom is -0.487 e. The van der Waals surface area contributed by atoms with E-state index in [1.807, 2.05) is 37.3 Å². The van der Waals surface area contributed by atoms with E-state index in [2.05, 4.69) is 88.9 Å². The predicted molar refractivity (Wildman–Crippen MR) is 191 cm³/mol. The zero-order valence-corrected chi connectivity index (χ0v) is 30.0. The van der Waals surface area contributed by atoms with Gasteiger partial charge in [-0.3, -0.25) is 0 Å². The van der Waals surface area contributed by atoms with Crippen molar-refractivity contribution in [3.63, 3.8) is 0 Å². The number of aryl methyl sites for hydroxylation is 1. The number of aliphatic hydroxyl groups is 1. The Morgan fingerprint density at radius 1 is 0.891 bits per heavy atom. The fourth-order valence-electron chi connectivity index (χ4n) is 5.79. The quantitative estimate of drug-likeness (QED) is 0.0676. The van der Waals surface area contributed by atoms with Crippen LogP contribution in [0.3, 0.4) is 0 Å². The molecule has 0 fully saturated rings. The van der Waals surface area contributed by atoms with Gasteiger partial charge in [0.1, 0.15) is 17.6 Å². The van der Waals surface area contributed by atoms with Crippen molar-refractivity contribution in [2.75, 3.05) is 33.7 Å². The Morgan fingerprint density at radius 2 is 1.50 bits per heavy atom. The van der Waals surface area contributed by atoms with E-state index in [4.69, 9.17) is 23.4 Å². The molecule has 0 spiro atoms. The van der Waals surface area contributed by atoms with Crippen molar-refractivity contribution in [1.29, 1.82) is 0 Å². The van der Waals surface area contributed by atoms with E-state index in [1.54, 1.807) is 27.0 Å². The molecule has 6 nitrogen and oxygen atoms in total. The van der Waals surface area contributed by atoms with Gasteiger partial charge in [0.05, 0.1) is 18.8 Å². The first-order chi connectivity index (χ1) is 21.8. The van der Waals surface area contributed by atoms with E-state index >= 15 is 0 Å². The van der Waals surface area contributed by atoms with Crippen molar-refractivity contribution >= 4 is 18.7 Å². The maximum atomic E-state index is 11.4. The maximum absolute atomic E-state index is 11.4. The summed E-state index contributed by atoms with van der Waals surface area (Å²) in [5.41, 5.74) is 0.723. The fraction of sp³-hybridized carbons (Fsp3) is 0.436. The molecule has 3 aromatic rings. The Morgan fingerprint density at radius 3 is 2.02 bits per heavy atom. The Bertz CT molecular complexity index is 1340. The van der Waals surface area contributed by atoms with Crippen LogP contribution in [-0.4, -0.2) is 58.9 Å². The molecule has 0 unspecified atom stereocenters. The first-order valence-corrected chi connectivity index (χ1v) is 18.0. The molecule has 0 bridgehead atoms. The standard InChI is InChI=1S/C39H54O6Si/c1-10-24-42-25-17-18-30(2)34-28-35(43-29-41-9)31(3)27-36(34)45-37(39(7,8)40)23-26-44-46(38(4,5)6,32-19-13-11-14-20-32)33-21-15-12-16-22-33/h10-22,27-28,30,37,40H,1,23-26,29H2,2-9H3/b18-17+/t30-,37-/m1/s1. The summed E-state index contributed by atoms with van der Waals surface area (Å²) in [6.07, 6.45) is 5.77. The molecule has 3 rings (SSSR count). The molecular formula is C39H54O6Si. The molecule has 0 aliphatic carbocycles. The van der Waals surface area contributed by atoms with E-state index in [9.17, 15) is 5.11 Å². The summed E-state index contributed by atoms with van der Waals surface area (Å²) in [6.45, 7) is 19.7. The van der Waals surface area contributed by atoms with Gasteiger partial charge in [-0.25, -0.2) is 0 Å². The van der Waals surface area contributed by atoms with Crippen LogP contribution >= 0.6 is 0 Å².